The van der Waals surface area contributed by atoms with Crippen LogP contribution >= 0.6 is 0 Å². The van der Waals surface area contributed by atoms with Crippen molar-refractivity contribution in [1.82, 2.24) is 15.2 Å². The van der Waals surface area contributed by atoms with Crippen LogP contribution in [-0.2, 0) is 4.79 Å². The molecule has 1 aromatic heterocycles. The number of nitrogens with zero attached hydrogens (tertiary/aromatic N) is 2. The zero-order valence-electron chi connectivity index (χ0n) is 9.65. The van der Waals surface area contributed by atoms with Gasteiger partial charge in [0.2, 0.25) is 5.91 Å². The third kappa shape index (κ3) is 3.32. The summed E-state index contributed by atoms with van der Waals surface area (Å²) in [7, 11) is 0. The molecule has 1 aromatic rings. The first-order valence-corrected chi connectivity index (χ1v) is 5.69. The Labute approximate surface area is 100 Å². The molecule has 4 N–H and O–H groups in total. The topological polar surface area (TPSA) is 83.3 Å². The number of nitrogens with two attached hydrogens (primary N) is 1. The largest absolute Gasteiger partial charge is 0.399 e. The molecule has 0 aliphatic carbocycles. The Balaban J connectivity index is 1.83. The van der Waals surface area contributed by atoms with Gasteiger partial charge >= 0.3 is 0 Å². The van der Waals surface area contributed by atoms with Gasteiger partial charge in [0.25, 0.3) is 0 Å². The van der Waals surface area contributed by atoms with Gasteiger partial charge in [-0.3, -0.25) is 4.79 Å². The lowest BCUT2D eigenvalue weighted by Crippen LogP contribution is -2.48. The van der Waals surface area contributed by atoms with Gasteiger partial charge in [-0.1, -0.05) is 0 Å². The molecule has 0 saturated carbocycles. The molecule has 1 saturated heterocycles. The van der Waals surface area contributed by atoms with E-state index in [1.165, 1.54) is 0 Å². The van der Waals surface area contributed by atoms with E-state index in [0.717, 1.165) is 26.2 Å². The van der Waals surface area contributed by atoms with E-state index < -0.39 is 0 Å². The van der Waals surface area contributed by atoms with E-state index in [2.05, 4.69) is 15.6 Å². The smallest absolute Gasteiger partial charge is 0.242 e. The van der Waals surface area contributed by atoms with Crippen LogP contribution in [0.15, 0.2) is 18.3 Å². The molecule has 1 fully saturated rings. The molecule has 0 aromatic carbocycles. The fourth-order valence-electron chi connectivity index (χ4n) is 1.74. The number of carbonyl (C=O) groups is 1. The minimum Gasteiger partial charge on any atom is -0.399 e. The Morgan fingerprint density at radius 3 is 3.00 bits per heavy atom. The second-order valence-corrected chi connectivity index (χ2v) is 3.96. The molecular formula is C11H17N5O. The summed E-state index contributed by atoms with van der Waals surface area (Å²) in [6, 6.07) is 3.42. The molecule has 1 amide bonds. The van der Waals surface area contributed by atoms with Gasteiger partial charge in [0.1, 0.15) is 5.82 Å². The highest BCUT2D eigenvalue weighted by Gasteiger charge is 2.15. The number of piperazine rings is 1. The molecule has 2 rings (SSSR count). The molecule has 2 heterocycles. The zero-order chi connectivity index (χ0) is 12.1. The van der Waals surface area contributed by atoms with Crippen LogP contribution in [0.4, 0.5) is 11.5 Å². The van der Waals surface area contributed by atoms with Gasteiger partial charge in [0.15, 0.2) is 0 Å². The van der Waals surface area contributed by atoms with Crippen molar-refractivity contribution >= 4 is 17.4 Å². The van der Waals surface area contributed by atoms with E-state index in [0.29, 0.717) is 11.5 Å². The number of amides is 1. The van der Waals surface area contributed by atoms with Crippen molar-refractivity contribution in [1.29, 1.82) is 0 Å². The van der Waals surface area contributed by atoms with Gasteiger partial charge in [-0.25, -0.2) is 4.98 Å². The maximum atomic E-state index is 11.8. The maximum Gasteiger partial charge on any atom is 0.242 e. The van der Waals surface area contributed by atoms with Crippen molar-refractivity contribution in [3.8, 4) is 0 Å². The van der Waals surface area contributed by atoms with E-state index in [-0.39, 0.29) is 12.5 Å². The SMILES string of the molecule is Nc1ccnc(NCC(=O)N2CCNCC2)c1. The van der Waals surface area contributed by atoms with Crippen LogP contribution < -0.4 is 16.4 Å². The van der Waals surface area contributed by atoms with Gasteiger partial charge in [-0.2, -0.15) is 0 Å². The van der Waals surface area contributed by atoms with Crippen molar-refractivity contribution in [2.45, 2.75) is 0 Å². The van der Waals surface area contributed by atoms with Gasteiger partial charge in [-0.15, -0.1) is 0 Å². The summed E-state index contributed by atoms with van der Waals surface area (Å²) in [5.74, 6) is 0.726. The Bertz CT molecular complexity index is 389. The summed E-state index contributed by atoms with van der Waals surface area (Å²) >= 11 is 0. The van der Waals surface area contributed by atoms with Crippen molar-refractivity contribution in [2.75, 3.05) is 43.8 Å². The molecule has 1 aliphatic heterocycles. The van der Waals surface area contributed by atoms with E-state index in [1.807, 2.05) is 4.90 Å². The molecule has 92 valence electrons. The van der Waals surface area contributed by atoms with Crippen molar-refractivity contribution in [3.05, 3.63) is 18.3 Å². The number of nitrogen functional groups attached to an aromatic ring is 1. The van der Waals surface area contributed by atoms with Crippen LogP contribution in [0.5, 0.6) is 0 Å². The lowest BCUT2D eigenvalue weighted by Gasteiger charge is -2.27. The molecule has 6 heteroatoms. The molecule has 0 atom stereocenters. The highest BCUT2D eigenvalue weighted by atomic mass is 16.2. The Morgan fingerprint density at radius 2 is 2.29 bits per heavy atom. The predicted octanol–water partition coefficient (Wildman–Crippen LogP) is -0.492. The summed E-state index contributed by atoms with van der Waals surface area (Å²) in [5.41, 5.74) is 6.26. The first-order valence-electron chi connectivity index (χ1n) is 5.69. The molecule has 0 spiro atoms. The van der Waals surface area contributed by atoms with Crippen molar-refractivity contribution < 1.29 is 4.79 Å². The number of anilines is 2. The predicted molar refractivity (Wildman–Crippen MR) is 66.6 cm³/mol. The first kappa shape index (κ1) is 11.7. The van der Waals surface area contributed by atoms with Gasteiger partial charge in [-0.05, 0) is 6.07 Å². The third-order valence-corrected chi connectivity index (χ3v) is 2.67. The monoisotopic (exact) mass is 235 g/mol. The fourth-order valence-corrected chi connectivity index (χ4v) is 1.74. The number of rotatable bonds is 3. The molecule has 17 heavy (non-hydrogen) atoms. The van der Waals surface area contributed by atoms with Crippen LogP contribution in [0.3, 0.4) is 0 Å². The molecule has 6 nitrogen and oxygen atoms in total. The van der Waals surface area contributed by atoms with Crippen LogP contribution in [0.1, 0.15) is 0 Å². The summed E-state index contributed by atoms with van der Waals surface area (Å²) in [5, 5.41) is 6.19. The Kier molecular flexibility index (Phi) is 3.77. The molecule has 1 aliphatic rings. The van der Waals surface area contributed by atoms with Gasteiger partial charge in [0, 0.05) is 44.1 Å². The second kappa shape index (κ2) is 5.49. The summed E-state index contributed by atoms with van der Waals surface area (Å²) in [6.45, 7) is 3.52. The van der Waals surface area contributed by atoms with Crippen molar-refractivity contribution in [2.24, 2.45) is 0 Å². The van der Waals surface area contributed by atoms with Gasteiger partial charge in [0.05, 0.1) is 6.54 Å². The summed E-state index contributed by atoms with van der Waals surface area (Å²) in [6.07, 6.45) is 1.62. The summed E-state index contributed by atoms with van der Waals surface area (Å²) < 4.78 is 0. The van der Waals surface area contributed by atoms with Crippen LogP contribution in [0, 0.1) is 0 Å². The fraction of sp³-hybridized carbons (Fsp3) is 0.455. The average molecular weight is 235 g/mol. The zero-order valence-corrected chi connectivity index (χ0v) is 9.65. The van der Waals surface area contributed by atoms with E-state index in [1.54, 1.807) is 18.3 Å². The normalized spacial score (nSPS) is 15.6. The minimum atomic E-state index is 0.0933. The number of nitrogens with one attached hydrogen (secondary N) is 2. The molecule has 0 radical (unpaired) electrons. The lowest BCUT2D eigenvalue weighted by molar-refractivity contribution is -0.129. The van der Waals surface area contributed by atoms with Gasteiger partial charge < -0.3 is 21.3 Å². The van der Waals surface area contributed by atoms with Crippen LogP contribution in [-0.4, -0.2) is 48.5 Å². The minimum absolute atomic E-state index is 0.0933. The highest BCUT2D eigenvalue weighted by molar-refractivity contribution is 5.80. The van der Waals surface area contributed by atoms with E-state index >= 15 is 0 Å². The number of carbonyl (C=O) groups excluding carboxylic acids is 1. The lowest BCUT2D eigenvalue weighted by atomic mass is 10.3. The quantitative estimate of drug-likeness (QED) is 0.658. The molecule has 0 unspecified atom stereocenters. The van der Waals surface area contributed by atoms with Crippen LogP contribution in [0.25, 0.3) is 0 Å². The number of pyridine rings is 1. The standard InChI is InChI=1S/C11H17N5O/c12-9-1-2-14-10(7-9)15-8-11(17)16-5-3-13-4-6-16/h1-2,7,13H,3-6,8H2,(H3,12,14,15). The molecule has 0 bridgehead atoms. The average Bonchev–Trinajstić information content (AvgIpc) is 2.37. The van der Waals surface area contributed by atoms with Crippen molar-refractivity contribution in [3.63, 3.8) is 0 Å². The molecular weight excluding hydrogens is 218 g/mol. The van der Waals surface area contributed by atoms with E-state index in [9.17, 15) is 4.79 Å². The summed E-state index contributed by atoms with van der Waals surface area (Å²) in [4.78, 5) is 17.8. The van der Waals surface area contributed by atoms with Crippen LogP contribution in [0.2, 0.25) is 0 Å². The van der Waals surface area contributed by atoms with E-state index in [4.69, 9.17) is 5.73 Å². The highest BCUT2D eigenvalue weighted by Crippen LogP contribution is 2.07. The number of aromatic nitrogens is 1. The number of hydrogen-bond acceptors (Lipinski definition) is 5. The Morgan fingerprint density at radius 1 is 1.53 bits per heavy atom. The second-order valence-electron chi connectivity index (χ2n) is 3.96. The first-order chi connectivity index (χ1) is 8.25. The Hall–Kier alpha value is -1.82. The maximum absolute atomic E-state index is 11.8. The number of hydrogen-bond donors (Lipinski definition) is 3. The third-order valence-electron chi connectivity index (χ3n) is 2.67.